The standard InChI is InChI=1S/C20H20F2N2/c1-2-3-4-18(16-9-10-19(21)20(22)11-16)15-7-5-14(6-8-15)17-12-23-24-13-17/h5-13,18H,2-4H2,1H3,(H,23,24). The van der Waals surface area contributed by atoms with Crippen LogP contribution in [0.2, 0.25) is 0 Å². The fraction of sp³-hybridized carbons (Fsp3) is 0.250. The number of rotatable bonds is 6. The number of hydrogen-bond donors (Lipinski definition) is 1. The third-order valence-electron chi connectivity index (χ3n) is 4.34. The largest absolute Gasteiger partial charge is 0.285 e. The van der Waals surface area contributed by atoms with Crippen LogP contribution in [-0.4, -0.2) is 10.2 Å². The fourth-order valence-corrected chi connectivity index (χ4v) is 2.98. The first-order chi connectivity index (χ1) is 11.7. The van der Waals surface area contributed by atoms with E-state index in [1.54, 1.807) is 12.3 Å². The Morgan fingerprint density at radius 2 is 1.71 bits per heavy atom. The van der Waals surface area contributed by atoms with E-state index < -0.39 is 11.6 Å². The van der Waals surface area contributed by atoms with E-state index in [2.05, 4.69) is 29.3 Å². The van der Waals surface area contributed by atoms with Crippen molar-refractivity contribution in [3.8, 4) is 11.1 Å². The van der Waals surface area contributed by atoms with Gasteiger partial charge < -0.3 is 0 Å². The van der Waals surface area contributed by atoms with Gasteiger partial charge in [0.15, 0.2) is 11.6 Å². The van der Waals surface area contributed by atoms with Crippen LogP contribution in [0.25, 0.3) is 11.1 Å². The summed E-state index contributed by atoms with van der Waals surface area (Å²) in [4.78, 5) is 0. The number of aromatic amines is 1. The molecule has 24 heavy (non-hydrogen) atoms. The van der Waals surface area contributed by atoms with Crippen LogP contribution in [0.4, 0.5) is 8.78 Å². The quantitative estimate of drug-likeness (QED) is 0.620. The molecule has 3 rings (SSSR count). The van der Waals surface area contributed by atoms with Crippen LogP contribution in [0.15, 0.2) is 54.9 Å². The first-order valence-electron chi connectivity index (χ1n) is 8.23. The van der Waals surface area contributed by atoms with Crippen LogP contribution in [0.3, 0.4) is 0 Å². The maximum atomic E-state index is 13.6. The number of aromatic nitrogens is 2. The zero-order valence-electron chi connectivity index (χ0n) is 13.6. The molecule has 0 aliphatic heterocycles. The highest BCUT2D eigenvalue weighted by Gasteiger charge is 2.16. The van der Waals surface area contributed by atoms with Crippen molar-refractivity contribution in [1.82, 2.24) is 10.2 Å². The molecule has 1 heterocycles. The third-order valence-corrected chi connectivity index (χ3v) is 4.34. The number of halogens is 2. The number of hydrogen-bond acceptors (Lipinski definition) is 1. The van der Waals surface area contributed by atoms with E-state index in [0.29, 0.717) is 0 Å². The summed E-state index contributed by atoms with van der Waals surface area (Å²) in [5, 5.41) is 6.76. The first-order valence-corrected chi connectivity index (χ1v) is 8.23. The number of nitrogens with zero attached hydrogens (tertiary/aromatic N) is 1. The van der Waals surface area contributed by atoms with Gasteiger partial charge in [0, 0.05) is 17.7 Å². The minimum absolute atomic E-state index is 0.0680. The molecular formula is C20H20F2N2. The van der Waals surface area contributed by atoms with Crippen LogP contribution >= 0.6 is 0 Å². The van der Waals surface area contributed by atoms with Gasteiger partial charge in [0.1, 0.15) is 0 Å². The molecule has 1 aromatic heterocycles. The van der Waals surface area contributed by atoms with Crippen molar-refractivity contribution in [3.63, 3.8) is 0 Å². The van der Waals surface area contributed by atoms with Gasteiger partial charge >= 0.3 is 0 Å². The Morgan fingerprint density at radius 1 is 0.958 bits per heavy atom. The molecule has 2 nitrogen and oxygen atoms in total. The Hall–Kier alpha value is -2.49. The molecule has 3 aromatic rings. The topological polar surface area (TPSA) is 28.7 Å². The van der Waals surface area contributed by atoms with Crippen LogP contribution in [0, 0.1) is 11.6 Å². The maximum Gasteiger partial charge on any atom is 0.159 e. The highest BCUT2D eigenvalue weighted by atomic mass is 19.2. The van der Waals surface area contributed by atoms with Crippen LogP contribution in [0.1, 0.15) is 43.2 Å². The zero-order chi connectivity index (χ0) is 16.9. The molecule has 0 amide bonds. The van der Waals surface area contributed by atoms with Crippen LogP contribution < -0.4 is 0 Å². The van der Waals surface area contributed by atoms with Crippen molar-refractivity contribution in [1.29, 1.82) is 0 Å². The molecule has 0 saturated carbocycles. The molecule has 0 bridgehead atoms. The maximum absolute atomic E-state index is 13.6. The summed E-state index contributed by atoms with van der Waals surface area (Å²) in [7, 11) is 0. The summed E-state index contributed by atoms with van der Waals surface area (Å²) in [6.07, 6.45) is 6.63. The molecule has 1 unspecified atom stereocenters. The van der Waals surface area contributed by atoms with Crippen molar-refractivity contribution < 1.29 is 8.78 Å². The summed E-state index contributed by atoms with van der Waals surface area (Å²) < 4.78 is 26.9. The second kappa shape index (κ2) is 7.39. The van der Waals surface area contributed by atoms with E-state index in [9.17, 15) is 8.78 Å². The smallest absolute Gasteiger partial charge is 0.159 e. The van der Waals surface area contributed by atoms with E-state index >= 15 is 0 Å². The lowest BCUT2D eigenvalue weighted by Gasteiger charge is -2.18. The molecule has 124 valence electrons. The van der Waals surface area contributed by atoms with Crippen LogP contribution in [0.5, 0.6) is 0 Å². The average Bonchev–Trinajstić information content (AvgIpc) is 3.13. The molecule has 4 heteroatoms. The molecule has 1 atom stereocenters. The van der Waals surface area contributed by atoms with Gasteiger partial charge in [-0.1, -0.05) is 50.1 Å². The lowest BCUT2D eigenvalue weighted by molar-refractivity contribution is 0.505. The Kier molecular flexibility index (Phi) is 5.04. The Labute approximate surface area is 140 Å². The van der Waals surface area contributed by atoms with Crippen molar-refractivity contribution in [3.05, 3.63) is 77.6 Å². The Bertz CT molecular complexity index is 780. The summed E-state index contributed by atoms with van der Waals surface area (Å²) >= 11 is 0. The van der Waals surface area contributed by atoms with Crippen molar-refractivity contribution in [2.45, 2.75) is 32.1 Å². The fourth-order valence-electron chi connectivity index (χ4n) is 2.98. The summed E-state index contributed by atoms with van der Waals surface area (Å²) in [5.41, 5.74) is 4.03. The highest BCUT2D eigenvalue weighted by molar-refractivity contribution is 5.62. The van der Waals surface area contributed by atoms with Crippen LogP contribution in [-0.2, 0) is 0 Å². The predicted molar refractivity (Wildman–Crippen MR) is 91.7 cm³/mol. The molecule has 0 saturated heterocycles. The number of benzene rings is 2. The van der Waals surface area contributed by atoms with Gasteiger partial charge in [0.2, 0.25) is 0 Å². The molecule has 1 N–H and O–H groups in total. The second-order valence-corrected chi connectivity index (χ2v) is 5.98. The molecule has 0 spiro atoms. The van der Waals surface area contributed by atoms with Crippen molar-refractivity contribution in [2.24, 2.45) is 0 Å². The highest BCUT2D eigenvalue weighted by Crippen LogP contribution is 2.32. The van der Waals surface area contributed by atoms with Gasteiger partial charge in [-0.15, -0.1) is 0 Å². The average molecular weight is 326 g/mol. The van der Waals surface area contributed by atoms with E-state index in [1.807, 2.05) is 18.3 Å². The van der Waals surface area contributed by atoms with Crippen molar-refractivity contribution >= 4 is 0 Å². The Balaban J connectivity index is 1.91. The molecule has 0 aliphatic carbocycles. The molecule has 0 radical (unpaired) electrons. The number of H-pyrrole nitrogens is 1. The lowest BCUT2D eigenvalue weighted by atomic mass is 9.86. The van der Waals surface area contributed by atoms with E-state index in [4.69, 9.17) is 0 Å². The van der Waals surface area contributed by atoms with Gasteiger partial charge in [-0.3, -0.25) is 5.10 Å². The summed E-state index contributed by atoms with van der Waals surface area (Å²) in [6.45, 7) is 2.13. The molecule has 0 aliphatic rings. The third kappa shape index (κ3) is 3.53. The van der Waals surface area contributed by atoms with E-state index in [1.165, 1.54) is 12.1 Å². The predicted octanol–water partition coefficient (Wildman–Crippen LogP) is 5.68. The minimum Gasteiger partial charge on any atom is -0.285 e. The summed E-state index contributed by atoms with van der Waals surface area (Å²) in [6, 6.07) is 12.4. The van der Waals surface area contributed by atoms with Gasteiger partial charge in [-0.05, 0) is 35.2 Å². The molecule has 2 aromatic carbocycles. The normalized spacial score (nSPS) is 12.3. The molecular weight excluding hydrogens is 306 g/mol. The van der Waals surface area contributed by atoms with Crippen molar-refractivity contribution in [2.75, 3.05) is 0 Å². The number of nitrogens with one attached hydrogen (secondary N) is 1. The lowest BCUT2D eigenvalue weighted by Crippen LogP contribution is -2.03. The second-order valence-electron chi connectivity index (χ2n) is 5.98. The van der Waals surface area contributed by atoms with Gasteiger partial charge in [0.25, 0.3) is 0 Å². The number of unbranched alkanes of at least 4 members (excludes halogenated alkanes) is 1. The summed E-state index contributed by atoms with van der Waals surface area (Å²) in [5.74, 6) is -1.52. The molecule has 0 fully saturated rings. The first kappa shape index (κ1) is 16.4. The van der Waals surface area contributed by atoms with Gasteiger partial charge in [-0.2, -0.15) is 5.10 Å². The minimum atomic E-state index is -0.803. The Morgan fingerprint density at radius 3 is 2.33 bits per heavy atom. The monoisotopic (exact) mass is 326 g/mol. The van der Waals surface area contributed by atoms with Gasteiger partial charge in [0.05, 0.1) is 6.20 Å². The SMILES string of the molecule is CCCCC(c1ccc(-c2cn[nH]c2)cc1)c1ccc(F)c(F)c1. The van der Waals surface area contributed by atoms with E-state index in [-0.39, 0.29) is 5.92 Å². The van der Waals surface area contributed by atoms with E-state index in [0.717, 1.165) is 41.5 Å². The zero-order valence-corrected chi connectivity index (χ0v) is 13.6. The van der Waals surface area contributed by atoms with Gasteiger partial charge in [-0.25, -0.2) is 8.78 Å².